The molecule has 1 aliphatic heterocycles. The molecule has 3 nitrogen and oxygen atoms in total. The van der Waals surface area contributed by atoms with Crippen LogP contribution in [0.4, 0.5) is 0 Å². The monoisotopic (exact) mass is 208 g/mol. The highest BCUT2D eigenvalue weighted by Crippen LogP contribution is 2.39. The minimum absolute atomic E-state index is 0.0143. The number of carbonyl (C=O) groups is 2. The Morgan fingerprint density at radius 1 is 1.53 bits per heavy atom. The van der Waals surface area contributed by atoms with E-state index in [0.29, 0.717) is 12.0 Å². The van der Waals surface area contributed by atoms with Crippen LogP contribution in [0, 0.1) is 11.8 Å². The third-order valence-corrected chi connectivity index (χ3v) is 3.45. The average Bonchev–Trinajstić information content (AvgIpc) is 2.48. The van der Waals surface area contributed by atoms with Crippen LogP contribution in [0.1, 0.15) is 32.6 Å². The summed E-state index contributed by atoms with van der Waals surface area (Å²) in [6, 6.07) is 0. The van der Waals surface area contributed by atoms with E-state index in [1.165, 1.54) is 0 Å². The molecule has 1 aliphatic carbocycles. The fourth-order valence-electron chi connectivity index (χ4n) is 2.44. The highest BCUT2D eigenvalue weighted by atomic mass is 16.6. The Labute approximate surface area is 89.5 Å². The molecule has 2 rings (SSSR count). The van der Waals surface area contributed by atoms with Crippen molar-refractivity contribution in [2.75, 3.05) is 0 Å². The lowest BCUT2D eigenvalue weighted by Crippen LogP contribution is -2.26. The van der Waals surface area contributed by atoms with Gasteiger partial charge >= 0.3 is 5.97 Å². The second-order valence-corrected chi connectivity index (χ2v) is 4.65. The van der Waals surface area contributed by atoms with Gasteiger partial charge in [-0.05, 0) is 31.8 Å². The molecule has 0 spiro atoms. The van der Waals surface area contributed by atoms with Gasteiger partial charge in [0.15, 0.2) is 5.78 Å². The molecule has 2 fully saturated rings. The van der Waals surface area contributed by atoms with Crippen molar-refractivity contribution in [1.29, 1.82) is 0 Å². The van der Waals surface area contributed by atoms with E-state index in [4.69, 9.17) is 4.74 Å². The molecule has 2 aliphatic rings. The summed E-state index contributed by atoms with van der Waals surface area (Å²) in [4.78, 5) is 22.8. The zero-order valence-corrected chi connectivity index (χ0v) is 8.99. The second kappa shape index (κ2) is 3.80. The SMILES string of the molecule is C=C(C)C(=O)CC1CCC2CC1OC2=O. The van der Waals surface area contributed by atoms with E-state index in [2.05, 4.69) is 6.58 Å². The van der Waals surface area contributed by atoms with Crippen molar-refractivity contribution in [1.82, 2.24) is 0 Å². The maximum Gasteiger partial charge on any atom is 0.309 e. The summed E-state index contributed by atoms with van der Waals surface area (Å²) in [7, 11) is 0. The van der Waals surface area contributed by atoms with Crippen LogP contribution in [0.2, 0.25) is 0 Å². The van der Waals surface area contributed by atoms with Crippen LogP contribution < -0.4 is 0 Å². The molecule has 3 unspecified atom stereocenters. The van der Waals surface area contributed by atoms with Crippen molar-refractivity contribution in [3.8, 4) is 0 Å². The number of fused-ring (bicyclic) bond motifs is 2. The Balaban J connectivity index is 1.97. The maximum absolute atomic E-state index is 11.5. The van der Waals surface area contributed by atoms with Crippen LogP contribution >= 0.6 is 0 Å². The molecule has 2 bridgehead atoms. The smallest absolute Gasteiger partial charge is 0.309 e. The molecule has 0 radical (unpaired) electrons. The van der Waals surface area contributed by atoms with Gasteiger partial charge in [0.2, 0.25) is 0 Å². The molecule has 0 amide bonds. The lowest BCUT2D eigenvalue weighted by molar-refractivity contribution is -0.144. The molecule has 1 saturated carbocycles. The minimum Gasteiger partial charge on any atom is -0.462 e. The van der Waals surface area contributed by atoms with Gasteiger partial charge in [0.1, 0.15) is 6.10 Å². The van der Waals surface area contributed by atoms with Crippen molar-refractivity contribution < 1.29 is 14.3 Å². The average molecular weight is 208 g/mol. The lowest BCUT2D eigenvalue weighted by atomic mass is 9.79. The quantitative estimate of drug-likeness (QED) is 0.525. The van der Waals surface area contributed by atoms with Crippen LogP contribution in [0.3, 0.4) is 0 Å². The third kappa shape index (κ3) is 1.96. The van der Waals surface area contributed by atoms with Crippen molar-refractivity contribution in [3.63, 3.8) is 0 Å². The zero-order chi connectivity index (χ0) is 11.0. The number of carbonyl (C=O) groups excluding carboxylic acids is 2. The van der Waals surface area contributed by atoms with E-state index in [9.17, 15) is 9.59 Å². The Hall–Kier alpha value is -1.12. The Morgan fingerprint density at radius 2 is 2.27 bits per heavy atom. The normalized spacial score (nSPS) is 33.7. The minimum atomic E-state index is -0.0646. The molecular formula is C12H16O3. The van der Waals surface area contributed by atoms with E-state index < -0.39 is 0 Å². The number of rotatable bonds is 3. The van der Waals surface area contributed by atoms with Gasteiger partial charge < -0.3 is 4.74 Å². The first-order valence-electron chi connectivity index (χ1n) is 5.47. The fourth-order valence-corrected chi connectivity index (χ4v) is 2.44. The first kappa shape index (κ1) is 10.4. The van der Waals surface area contributed by atoms with Gasteiger partial charge in [-0.25, -0.2) is 0 Å². The van der Waals surface area contributed by atoms with E-state index in [1.807, 2.05) is 0 Å². The number of Topliss-reactive ketones (excluding diaryl/α,β-unsaturated/α-hetero) is 1. The number of esters is 1. The molecule has 82 valence electrons. The molecular weight excluding hydrogens is 192 g/mol. The third-order valence-electron chi connectivity index (χ3n) is 3.45. The number of ketones is 1. The number of hydrogen-bond acceptors (Lipinski definition) is 3. The van der Waals surface area contributed by atoms with E-state index in [0.717, 1.165) is 19.3 Å². The molecule has 0 aromatic carbocycles. The van der Waals surface area contributed by atoms with Gasteiger partial charge in [0.25, 0.3) is 0 Å². The maximum atomic E-state index is 11.5. The number of hydrogen-bond donors (Lipinski definition) is 0. The Kier molecular flexibility index (Phi) is 2.63. The Morgan fingerprint density at radius 3 is 2.93 bits per heavy atom. The molecule has 0 aromatic heterocycles. The van der Waals surface area contributed by atoms with Crippen molar-refractivity contribution >= 4 is 11.8 Å². The molecule has 1 saturated heterocycles. The summed E-state index contributed by atoms with van der Waals surface area (Å²) < 4.78 is 5.26. The summed E-state index contributed by atoms with van der Waals surface area (Å²) in [5.41, 5.74) is 0.599. The first-order chi connectivity index (χ1) is 7.08. The van der Waals surface area contributed by atoms with Crippen LogP contribution in [0.25, 0.3) is 0 Å². The van der Waals surface area contributed by atoms with Gasteiger partial charge in [-0.2, -0.15) is 0 Å². The molecule has 1 heterocycles. The summed E-state index contributed by atoms with van der Waals surface area (Å²) in [6.07, 6.45) is 3.09. The van der Waals surface area contributed by atoms with E-state index >= 15 is 0 Å². The molecule has 3 atom stereocenters. The highest BCUT2D eigenvalue weighted by molar-refractivity contribution is 5.94. The number of ether oxygens (including phenoxy) is 1. The summed E-state index contributed by atoms with van der Waals surface area (Å²) in [5, 5.41) is 0. The van der Waals surface area contributed by atoms with Gasteiger partial charge in [-0.1, -0.05) is 6.58 Å². The highest BCUT2D eigenvalue weighted by Gasteiger charge is 2.43. The predicted octanol–water partition coefficient (Wildman–Crippen LogP) is 1.86. The topological polar surface area (TPSA) is 43.4 Å². The Bertz CT molecular complexity index is 319. The largest absolute Gasteiger partial charge is 0.462 e. The van der Waals surface area contributed by atoms with Gasteiger partial charge in [0.05, 0.1) is 5.92 Å². The second-order valence-electron chi connectivity index (χ2n) is 4.65. The fraction of sp³-hybridized carbons (Fsp3) is 0.667. The van der Waals surface area contributed by atoms with Crippen molar-refractivity contribution in [3.05, 3.63) is 12.2 Å². The summed E-state index contributed by atoms with van der Waals surface area (Å²) >= 11 is 0. The van der Waals surface area contributed by atoms with Crippen LogP contribution in [0.5, 0.6) is 0 Å². The van der Waals surface area contributed by atoms with Gasteiger partial charge in [-0.3, -0.25) is 9.59 Å². The lowest BCUT2D eigenvalue weighted by Gasteiger charge is -2.24. The molecule has 0 aromatic rings. The van der Waals surface area contributed by atoms with Crippen LogP contribution in [-0.4, -0.2) is 17.9 Å². The predicted molar refractivity (Wildman–Crippen MR) is 55.1 cm³/mol. The summed E-state index contributed by atoms with van der Waals surface area (Å²) in [5.74, 6) is 0.356. The standard InChI is InChI=1S/C12H16O3/c1-7(2)10(13)5-8-3-4-9-6-11(8)15-12(9)14/h8-9,11H,1,3-6H2,2H3. The van der Waals surface area contributed by atoms with Crippen molar-refractivity contribution in [2.24, 2.45) is 11.8 Å². The first-order valence-corrected chi connectivity index (χ1v) is 5.47. The molecule has 15 heavy (non-hydrogen) atoms. The van der Waals surface area contributed by atoms with Crippen LogP contribution in [0.15, 0.2) is 12.2 Å². The van der Waals surface area contributed by atoms with Crippen molar-refractivity contribution in [2.45, 2.75) is 38.7 Å². The molecule has 3 heteroatoms. The van der Waals surface area contributed by atoms with Crippen LogP contribution in [-0.2, 0) is 14.3 Å². The molecule has 0 N–H and O–H groups in total. The van der Waals surface area contributed by atoms with E-state index in [1.54, 1.807) is 6.92 Å². The summed E-state index contributed by atoms with van der Waals surface area (Å²) in [6.45, 7) is 5.37. The van der Waals surface area contributed by atoms with Gasteiger partial charge in [-0.15, -0.1) is 0 Å². The number of allylic oxidation sites excluding steroid dienone is 1. The zero-order valence-electron chi connectivity index (χ0n) is 8.99. The van der Waals surface area contributed by atoms with Gasteiger partial charge in [0, 0.05) is 12.3 Å². The van der Waals surface area contributed by atoms with E-state index in [-0.39, 0.29) is 29.7 Å².